The molecule has 1 aliphatic heterocycles. The molecular weight excluding hydrogens is 650 g/mol. The fourth-order valence-electron chi connectivity index (χ4n) is 6.96. The van der Waals surface area contributed by atoms with Crippen LogP contribution in [0.1, 0.15) is 51.5 Å². The summed E-state index contributed by atoms with van der Waals surface area (Å²) in [6, 6.07) is 10.5. The molecule has 4 amide bonds. The smallest absolute Gasteiger partial charge is 0.286 e. The molecule has 1 unspecified atom stereocenters. The first kappa shape index (κ1) is 36.8. The predicted octanol–water partition coefficient (Wildman–Crippen LogP) is 2.74. The van der Waals surface area contributed by atoms with Crippen molar-refractivity contribution in [3.05, 3.63) is 85.2 Å². The Morgan fingerprint density at radius 2 is 1.75 bits per heavy atom. The molecule has 0 bridgehead atoms. The SMILES string of the molecule is C=C(O)C[C@@H]1NC(=O)CNC(=O)C(CCCC[n+]2ccn3ccccc32)NC(=O)[C@H](C(C)C)N(C)C(=O)[C@@H](Cc2c[nH]c3ccccc23)CC1=O. The summed E-state index contributed by atoms with van der Waals surface area (Å²) in [5.41, 5.74) is 2.73. The largest absolute Gasteiger partial charge is 0.513 e. The molecule has 0 saturated carbocycles. The van der Waals surface area contributed by atoms with Crippen LogP contribution < -0.4 is 20.5 Å². The highest BCUT2D eigenvalue weighted by molar-refractivity contribution is 5.97. The lowest BCUT2D eigenvalue weighted by Crippen LogP contribution is -2.57. The van der Waals surface area contributed by atoms with Crippen LogP contribution in [0.2, 0.25) is 0 Å². The highest BCUT2D eigenvalue weighted by atomic mass is 16.3. The van der Waals surface area contributed by atoms with E-state index in [1.165, 1.54) is 4.90 Å². The molecule has 5 rings (SSSR count). The molecule has 5 N–H and O–H groups in total. The second-order valence-corrected chi connectivity index (χ2v) is 13.7. The zero-order valence-corrected chi connectivity index (χ0v) is 29.4. The molecule has 4 atom stereocenters. The van der Waals surface area contributed by atoms with E-state index in [1.54, 1.807) is 13.2 Å². The fourth-order valence-corrected chi connectivity index (χ4v) is 6.96. The molecule has 13 heteroatoms. The van der Waals surface area contributed by atoms with E-state index in [2.05, 4.69) is 32.1 Å². The number of aliphatic hydroxyl groups is 1. The number of carbonyl (C=O) groups is 5. The second-order valence-electron chi connectivity index (χ2n) is 13.7. The van der Waals surface area contributed by atoms with Crippen LogP contribution in [0.5, 0.6) is 0 Å². The van der Waals surface area contributed by atoms with Crippen molar-refractivity contribution >= 4 is 46.0 Å². The first-order valence-corrected chi connectivity index (χ1v) is 17.5. The molecule has 1 fully saturated rings. The molecule has 0 radical (unpaired) electrons. The summed E-state index contributed by atoms with van der Waals surface area (Å²) in [6.07, 6.45) is 8.99. The van der Waals surface area contributed by atoms with Gasteiger partial charge in [-0.3, -0.25) is 24.0 Å². The van der Waals surface area contributed by atoms with Crippen molar-refractivity contribution in [3.63, 3.8) is 0 Å². The highest BCUT2D eigenvalue weighted by Crippen LogP contribution is 2.26. The standard InChI is InChI=1S/C38H47N7O6/c1-24(2)35-37(50)42-30(13-7-9-15-44-17-18-45-16-10-8-14-34(44)45)36(49)40-23-33(48)41-31(19-25(3)46)32(47)21-26(38(51)43(35)4)20-27-22-39-29-12-6-5-11-28(27)29/h5-6,8,10-12,14,16-18,22,24,26,30-31,35,39H,3,7,9,13,15,19-21,23H2,1-2,4H3,(H3-,40,41,42,46,48,49,50)/p+1/t26-,30?,31-,35-/m0/s1. The number of aliphatic hydroxyl groups excluding tert-OH is 1. The third kappa shape index (κ3) is 9.02. The van der Waals surface area contributed by atoms with E-state index in [0.717, 1.165) is 28.5 Å². The van der Waals surface area contributed by atoms with Crippen LogP contribution in [0.4, 0.5) is 0 Å². The number of pyridine rings is 1. The molecule has 51 heavy (non-hydrogen) atoms. The second kappa shape index (κ2) is 16.5. The topological polar surface area (TPSA) is 169 Å². The van der Waals surface area contributed by atoms with Crippen molar-refractivity contribution in [1.29, 1.82) is 0 Å². The van der Waals surface area contributed by atoms with Crippen molar-refractivity contribution < 1.29 is 33.6 Å². The van der Waals surface area contributed by atoms with Crippen LogP contribution in [0, 0.1) is 11.8 Å². The van der Waals surface area contributed by atoms with Gasteiger partial charge in [-0.2, -0.15) is 0 Å². The average Bonchev–Trinajstić information content (AvgIpc) is 3.70. The number of para-hydroxylation sites is 1. The number of amides is 4. The Bertz CT molecular complexity index is 1910. The Hall–Kier alpha value is -5.46. The van der Waals surface area contributed by atoms with E-state index in [9.17, 15) is 29.1 Å². The number of hydrogen-bond donors (Lipinski definition) is 5. The Labute approximate surface area is 297 Å². The Morgan fingerprint density at radius 1 is 0.980 bits per heavy atom. The van der Waals surface area contributed by atoms with Gasteiger partial charge >= 0.3 is 0 Å². The van der Waals surface area contributed by atoms with Gasteiger partial charge in [0, 0.05) is 49.0 Å². The number of aromatic amines is 1. The van der Waals surface area contributed by atoms with Crippen LogP contribution in [0.15, 0.2) is 79.6 Å². The number of fused-ring (bicyclic) bond motifs is 2. The minimum Gasteiger partial charge on any atom is -0.513 e. The number of ketones is 1. The quantitative estimate of drug-likeness (QED) is 0.0970. The predicted molar refractivity (Wildman–Crippen MR) is 191 cm³/mol. The Morgan fingerprint density at radius 3 is 2.51 bits per heavy atom. The number of Topliss-reactive ketones (excluding diaryl/α,β-unsaturated/α-hetero) is 1. The number of aromatic nitrogens is 3. The molecule has 1 aliphatic rings. The van der Waals surface area contributed by atoms with Gasteiger partial charge in [-0.15, -0.1) is 0 Å². The number of benzene rings is 1. The maximum Gasteiger partial charge on any atom is 0.286 e. The number of rotatable bonds is 10. The van der Waals surface area contributed by atoms with Gasteiger partial charge in [-0.05, 0) is 49.3 Å². The lowest BCUT2D eigenvalue weighted by molar-refractivity contribution is -0.671. The molecule has 13 nitrogen and oxygen atoms in total. The van der Waals surface area contributed by atoms with Gasteiger partial charge in [0.1, 0.15) is 24.5 Å². The number of likely N-dealkylation sites (N-methyl/N-ethyl adjacent to an activating group) is 1. The van der Waals surface area contributed by atoms with E-state index < -0.39 is 60.0 Å². The summed E-state index contributed by atoms with van der Waals surface area (Å²) >= 11 is 0. The van der Waals surface area contributed by atoms with Crippen molar-refractivity contribution in [3.8, 4) is 0 Å². The third-order valence-corrected chi connectivity index (χ3v) is 9.53. The third-order valence-electron chi connectivity index (χ3n) is 9.53. The summed E-state index contributed by atoms with van der Waals surface area (Å²) < 4.78 is 4.13. The highest BCUT2D eigenvalue weighted by Gasteiger charge is 2.37. The van der Waals surface area contributed by atoms with Gasteiger partial charge in [0.15, 0.2) is 5.78 Å². The first-order chi connectivity index (χ1) is 24.4. The van der Waals surface area contributed by atoms with Gasteiger partial charge in [0.25, 0.3) is 5.65 Å². The summed E-state index contributed by atoms with van der Waals surface area (Å²) in [7, 11) is 1.54. The molecule has 1 saturated heterocycles. The first-order valence-electron chi connectivity index (χ1n) is 17.5. The van der Waals surface area contributed by atoms with E-state index >= 15 is 0 Å². The Kier molecular flexibility index (Phi) is 11.9. The van der Waals surface area contributed by atoms with Crippen molar-refractivity contribution in [1.82, 2.24) is 30.2 Å². The van der Waals surface area contributed by atoms with Crippen LogP contribution in [-0.2, 0) is 36.9 Å². The molecular formula is C38H48N7O6+. The van der Waals surface area contributed by atoms with Gasteiger partial charge in [-0.25, -0.2) is 8.97 Å². The number of carbonyl (C=O) groups excluding carboxylic acids is 5. The van der Waals surface area contributed by atoms with Crippen LogP contribution >= 0.6 is 0 Å². The average molecular weight is 699 g/mol. The van der Waals surface area contributed by atoms with Gasteiger partial charge in [0.2, 0.25) is 23.6 Å². The number of nitrogens with one attached hydrogen (secondary N) is 4. The van der Waals surface area contributed by atoms with E-state index in [-0.39, 0.29) is 30.9 Å². The van der Waals surface area contributed by atoms with Crippen molar-refractivity contribution in [2.24, 2.45) is 11.8 Å². The maximum absolute atomic E-state index is 14.4. The van der Waals surface area contributed by atoms with E-state index in [4.69, 9.17) is 0 Å². The molecule has 270 valence electrons. The van der Waals surface area contributed by atoms with Gasteiger partial charge < -0.3 is 30.9 Å². The molecule has 1 aromatic carbocycles. The zero-order chi connectivity index (χ0) is 36.7. The summed E-state index contributed by atoms with van der Waals surface area (Å²) in [4.78, 5) is 73.3. The Balaban J connectivity index is 1.40. The number of hydrogen-bond acceptors (Lipinski definition) is 6. The van der Waals surface area contributed by atoms with Gasteiger partial charge in [0.05, 0.1) is 31.1 Å². The number of aryl methyl sites for hydroxylation is 1. The number of nitrogens with zero attached hydrogens (tertiary/aromatic N) is 3. The van der Waals surface area contributed by atoms with E-state index in [1.807, 2.05) is 79.3 Å². The van der Waals surface area contributed by atoms with Crippen LogP contribution in [-0.4, -0.2) is 80.5 Å². The number of H-pyrrole nitrogens is 1. The summed E-state index contributed by atoms with van der Waals surface area (Å²) in [5, 5.41) is 19.0. The summed E-state index contributed by atoms with van der Waals surface area (Å²) in [5.74, 6) is -4.17. The minimum atomic E-state index is -1.18. The monoisotopic (exact) mass is 698 g/mol. The molecule has 3 aromatic heterocycles. The van der Waals surface area contributed by atoms with E-state index in [0.29, 0.717) is 19.4 Å². The summed E-state index contributed by atoms with van der Waals surface area (Å²) in [6.45, 7) is 7.38. The lowest BCUT2D eigenvalue weighted by atomic mass is 9.88. The van der Waals surface area contributed by atoms with Crippen molar-refractivity contribution in [2.45, 2.75) is 77.0 Å². The lowest BCUT2D eigenvalue weighted by Gasteiger charge is -2.34. The normalized spacial score (nSPS) is 21.3. The minimum absolute atomic E-state index is 0.184. The fraction of sp³-hybridized carbons (Fsp3) is 0.421. The number of unbranched alkanes of at least 4 members (excludes halogenated alkanes) is 1. The van der Waals surface area contributed by atoms with Crippen LogP contribution in [0.25, 0.3) is 16.6 Å². The van der Waals surface area contributed by atoms with Crippen molar-refractivity contribution in [2.75, 3.05) is 13.6 Å². The van der Waals surface area contributed by atoms with Gasteiger partial charge in [-0.1, -0.05) is 44.7 Å². The van der Waals surface area contributed by atoms with Crippen LogP contribution in [0.3, 0.4) is 0 Å². The molecule has 0 aliphatic carbocycles. The zero-order valence-electron chi connectivity index (χ0n) is 29.4. The molecule has 0 spiro atoms. The number of imidazole rings is 1. The maximum atomic E-state index is 14.4. The molecule has 4 aromatic rings. The molecule has 4 heterocycles.